The molecule has 0 fully saturated rings. The van der Waals surface area contributed by atoms with Crippen molar-refractivity contribution >= 4 is 11.7 Å². The Labute approximate surface area is 133 Å². The Bertz CT molecular complexity index is 562. The Morgan fingerprint density at radius 3 is 2.59 bits per heavy atom. The van der Waals surface area contributed by atoms with Crippen molar-refractivity contribution in [2.45, 2.75) is 39.5 Å². The third-order valence-electron chi connectivity index (χ3n) is 4.14. The lowest BCUT2D eigenvalue weighted by atomic mass is 9.70. The van der Waals surface area contributed by atoms with Gasteiger partial charge < -0.3 is 14.4 Å². The third-order valence-corrected chi connectivity index (χ3v) is 4.14. The number of carbonyl (C=O) groups is 1. The summed E-state index contributed by atoms with van der Waals surface area (Å²) in [4.78, 5) is 15.0. The monoisotopic (exact) mass is 305 g/mol. The maximum Gasteiger partial charge on any atom is 0.318 e. The molecule has 1 unspecified atom stereocenters. The van der Waals surface area contributed by atoms with E-state index >= 15 is 0 Å². The van der Waals surface area contributed by atoms with Crippen molar-refractivity contribution in [3.05, 3.63) is 23.8 Å². The molecule has 1 aromatic carbocycles. The summed E-state index contributed by atoms with van der Waals surface area (Å²) >= 11 is 0. The van der Waals surface area contributed by atoms with E-state index in [0.717, 1.165) is 23.4 Å². The molecule has 0 saturated heterocycles. The van der Waals surface area contributed by atoms with Gasteiger partial charge in [0.15, 0.2) is 0 Å². The van der Waals surface area contributed by atoms with E-state index in [-0.39, 0.29) is 11.4 Å². The second kappa shape index (κ2) is 5.82. The van der Waals surface area contributed by atoms with E-state index in [0.29, 0.717) is 13.2 Å². The first-order valence-electron chi connectivity index (χ1n) is 7.80. The van der Waals surface area contributed by atoms with Crippen molar-refractivity contribution in [3.8, 4) is 5.75 Å². The molecular weight excluding hydrogens is 278 g/mol. The summed E-state index contributed by atoms with van der Waals surface area (Å²) in [7, 11) is 3.67. The predicted molar refractivity (Wildman–Crippen MR) is 88.6 cm³/mol. The zero-order chi connectivity index (χ0) is 16.5. The van der Waals surface area contributed by atoms with Crippen LogP contribution in [0.3, 0.4) is 0 Å². The molecule has 1 heterocycles. The summed E-state index contributed by atoms with van der Waals surface area (Å²) in [6.07, 6.45) is 0.739. The fourth-order valence-corrected chi connectivity index (χ4v) is 3.51. The van der Waals surface area contributed by atoms with Crippen LogP contribution < -0.4 is 9.64 Å². The number of likely N-dealkylation sites (N-methyl/N-ethyl adjacent to an activating group) is 1. The summed E-state index contributed by atoms with van der Waals surface area (Å²) in [5, 5.41) is 0. The van der Waals surface area contributed by atoms with E-state index < -0.39 is 5.41 Å². The molecule has 0 spiro atoms. The van der Waals surface area contributed by atoms with Crippen molar-refractivity contribution < 1.29 is 14.3 Å². The Balaban J connectivity index is 2.58. The van der Waals surface area contributed by atoms with Crippen molar-refractivity contribution in [1.82, 2.24) is 0 Å². The lowest BCUT2D eigenvalue weighted by molar-refractivity contribution is -0.150. The van der Waals surface area contributed by atoms with Crippen molar-refractivity contribution in [2.24, 2.45) is 5.41 Å². The summed E-state index contributed by atoms with van der Waals surface area (Å²) < 4.78 is 10.8. The van der Waals surface area contributed by atoms with Gasteiger partial charge in [0, 0.05) is 19.3 Å². The summed E-state index contributed by atoms with van der Waals surface area (Å²) in [6.45, 7) is 9.37. The Kier molecular flexibility index (Phi) is 4.41. The molecule has 0 N–H and O–H groups in total. The third kappa shape index (κ3) is 2.92. The summed E-state index contributed by atoms with van der Waals surface area (Å²) in [6, 6.07) is 5.95. The molecule has 0 bridgehead atoms. The molecule has 2 rings (SSSR count). The van der Waals surface area contributed by atoms with E-state index in [1.807, 2.05) is 32.2 Å². The Morgan fingerprint density at radius 1 is 1.36 bits per heavy atom. The van der Waals surface area contributed by atoms with Crippen molar-refractivity contribution in [2.75, 3.05) is 32.2 Å². The van der Waals surface area contributed by atoms with Crippen LogP contribution in [0.25, 0.3) is 0 Å². The smallest absolute Gasteiger partial charge is 0.318 e. The summed E-state index contributed by atoms with van der Waals surface area (Å²) in [5.74, 6) is 0.639. The topological polar surface area (TPSA) is 38.8 Å². The van der Waals surface area contributed by atoms with Gasteiger partial charge in [0.2, 0.25) is 0 Å². The highest BCUT2D eigenvalue weighted by Gasteiger charge is 2.51. The minimum Gasteiger partial charge on any atom is -0.497 e. The number of benzene rings is 1. The summed E-state index contributed by atoms with van der Waals surface area (Å²) in [5.41, 5.74) is 1.48. The average Bonchev–Trinajstić information content (AvgIpc) is 2.70. The minimum atomic E-state index is -0.632. The first-order chi connectivity index (χ1) is 10.2. The number of ether oxygens (including phenoxy) is 2. The first-order valence-corrected chi connectivity index (χ1v) is 7.80. The van der Waals surface area contributed by atoms with E-state index in [9.17, 15) is 4.79 Å². The fourth-order valence-electron chi connectivity index (χ4n) is 3.51. The molecule has 4 heteroatoms. The molecule has 0 amide bonds. The van der Waals surface area contributed by atoms with Gasteiger partial charge >= 0.3 is 5.97 Å². The van der Waals surface area contributed by atoms with Gasteiger partial charge in [-0.2, -0.15) is 0 Å². The molecule has 1 aromatic rings. The van der Waals surface area contributed by atoms with Crippen LogP contribution in [0.2, 0.25) is 0 Å². The van der Waals surface area contributed by atoms with Gasteiger partial charge in [-0.05, 0) is 42.5 Å². The standard InChI is InChI=1S/C18H27NO3/c1-7-22-16(20)18(11-17(2,3)4)12-19(5)15-9-8-13(21-6)10-14(15)18/h8-10H,7,11-12H2,1-6H3. The first kappa shape index (κ1) is 16.7. The zero-order valence-corrected chi connectivity index (χ0v) is 14.5. The number of rotatable bonds is 4. The fraction of sp³-hybridized carbons (Fsp3) is 0.611. The van der Waals surface area contributed by atoms with Gasteiger partial charge in [-0.15, -0.1) is 0 Å². The van der Waals surface area contributed by atoms with Crippen LogP contribution in [-0.4, -0.2) is 33.3 Å². The molecule has 0 aromatic heterocycles. The van der Waals surface area contributed by atoms with Crippen LogP contribution in [0.15, 0.2) is 18.2 Å². The predicted octanol–water partition coefficient (Wildman–Crippen LogP) is 3.38. The molecule has 0 radical (unpaired) electrons. The normalized spacial score (nSPS) is 20.7. The lowest BCUT2D eigenvalue weighted by Gasteiger charge is -2.34. The van der Waals surface area contributed by atoms with Gasteiger partial charge in [0.1, 0.15) is 11.2 Å². The highest BCUT2D eigenvalue weighted by molar-refractivity contribution is 5.89. The number of nitrogens with zero attached hydrogens (tertiary/aromatic N) is 1. The average molecular weight is 305 g/mol. The largest absolute Gasteiger partial charge is 0.497 e. The SMILES string of the molecule is CCOC(=O)C1(CC(C)(C)C)CN(C)c2ccc(OC)cc21. The Morgan fingerprint density at radius 2 is 2.05 bits per heavy atom. The number of fused-ring (bicyclic) bond motifs is 1. The van der Waals surface area contributed by atoms with Gasteiger partial charge in [0.05, 0.1) is 13.7 Å². The molecular formula is C18H27NO3. The maximum absolute atomic E-state index is 12.9. The van der Waals surface area contributed by atoms with Crippen molar-refractivity contribution in [1.29, 1.82) is 0 Å². The molecule has 0 saturated carbocycles. The Hall–Kier alpha value is -1.71. The molecule has 4 nitrogen and oxygen atoms in total. The number of esters is 1. The second-order valence-corrected chi connectivity index (χ2v) is 7.28. The van der Waals surface area contributed by atoms with Crippen LogP contribution in [0, 0.1) is 5.41 Å². The van der Waals surface area contributed by atoms with E-state index in [2.05, 4.69) is 25.7 Å². The molecule has 1 atom stereocenters. The maximum atomic E-state index is 12.9. The quantitative estimate of drug-likeness (QED) is 0.799. The van der Waals surface area contributed by atoms with Gasteiger partial charge in [0.25, 0.3) is 0 Å². The van der Waals surface area contributed by atoms with Crippen LogP contribution in [-0.2, 0) is 14.9 Å². The molecule has 1 aliphatic rings. The van der Waals surface area contributed by atoms with Crippen LogP contribution in [0.1, 0.15) is 39.7 Å². The highest BCUT2D eigenvalue weighted by Crippen LogP contribution is 2.48. The molecule has 22 heavy (non-hydrogen) atoms. The molecule has 0 aliphatic carbocycles. The van der Waals surface area contributed by atoms with Gasteiger partial charge in [-0.3, -0.25) is 4.79 Å². The number of carbonyl (C=O) groups excluding carboxylic acids is 1. The second-order valence-electron chi connectivity index (χ2n) is 7.28. The van der Waals surface area contributed by atoms with Crippen LogP contribution in [0.5, 0.6) is 5.75 Å². The zero-order valence-electron chi connectivity index (χ0n) is 14.5. The minimum absolute atomic E-state index is 0.0122. The van der Waals surface area contributed by atoms with E-state index in [1.165, 1.54) is 0 Å². The van der Waals surface area contributed by atoms with Crippen molar-refractivity contribution in [3.63, 3.8) is 0 Å². The lowest BCUT2D eigenvalue weighted by Crippen LogP contribution is -2.44. The number of methoxy groups -OCH3 is 1. The molecule has 1 aliphatic heterocycles. The number of hydrogen-bond donors (Lipinski definition) is 0. The number of anilines is 1. The van der Waals surface area contributed by atoms with Crippen LogP contribution in [0.4, 0.5) is 5.69 Å². The number of hydrogen-bond acceptors (Lipinski definition) is 4. The van der Waals surface area contributed by atoms with Gasteiger partial charge in [-0.25, -0.2) is 0 Å². The van der Waals surface area contributed by atoms with E-state index in [1.54, 1.807) is 7.11 Å². The molecule has 122 valence electrons. The highest BCUT2D eigenvalue weighted by atomic mass is 16.5. The van der Waals surface area contributed by atoms with Gasteiger partial charge in [-0.1, -0.05) is 20.8 Å². The van der Waals surface area contributed by atoms with Crippen LogP contribution >= 0.6 is 0 Å². The van der Waals surface area contributed by atoms with E-state index in [4.69, 9.17) is 9.47 Å².